The minimum Gasteiger partial charge on any atom is -0.478 e. The standard InChI is InChI=1S/C13H17ClFNO4S/c1-7(13(2,3)4)16-21(19,20)10-6-8(14)5-9(11(10)15)12(17)18/h5-7,16H,1-4H3,(H,17,18). The van der Waals surface area contributed by atoms with Gasteiger partial charge in [0.15, 0.2) is 5.82 Å². The van der Waals surface area contributed by atoms with E-state index in [9.17, 15) is 17.6 Å². The van der Waals surface area contributed by atoms with Crippen molar-refractivity contribution in [1.29, 1.82) is 0 Å². The van der Waals surface area contributed by atoms with Crippen LogP contribution in [-0.2, 0) is 10.0 Å². The van der Waals surface area contributed by atoms with Gasteiger partial charge in [0, 0.05) is 11.1 Å². The lowest BCUT2D eigenvalue weighted by Crippen LogP contribution is -2.41. The number of rotatable bonds is 4. The van der Waals surface area contributed by atoms with E-state index in [1.165, 1.54) is 0 Å². The molecular formula is C13H17ClFNO4S. The number of halogens is 2. The summed E-state index contributed by atoms with van der Waals surface area (Å²) in [5.74, 6) is -2.92. The maximum atomic E-state index is 14.1. The summed E-state index contributed by atoms with van der Waals surface area (Å²) in [6, 6.07) is 1.26. The average Bonchev–Trinajstić information content (AvgIpc) is 2.29. The second kappa shape index (κ2) is 5.90. The highest BCUT2D eigenvalue weighted by Crippen LogP contribution is 2.26. The van der Waals surface area contributed by atoms with E-state index in [1.807, 2.05) is 20.8 Å². The van der Waals surface area contributed by atoms with Crippen molar-refractivity contribution >= 4 is 27.6 Å². The van der Waals surface area contributed by atoms with Gasteiger partial charge in [-0.2, -0.15) is 0 Å². The molecule has 8 heteroatoms. The zero-order valence-electron chi connectivity index (χ0n) is 12.1. The second-order valence-electron chi connectivity index (χ2n) is 5.78. The number of aromatic carboxylic acids is 1. The van der Waals surface area contributed by atoms with Gasteiger partial charge in [0.1, 0.15) is 4.90 Å². The molecule has 0 saturated heterocycles. The minimum atomic E-state index is -4.22. The summed E-state index contributed by atoms with van der Waals surface area (Å²) >= 11 is 5.68. The molecule has 0 aromatic heterocycles. The summed E-state index contributed by atoms with van der Waals surface area (Å²) in [7, 11) is -4.22. The van der Waals surface area contributed by atoms with Crippen LogP contribution >= 0.6 is 11.6 Å². The first-order chi connectivity index (χ1) is 9.36. The molecule has 1 aromatic carbocycles. The van der Waals surface area contributed by atoms with E-state index in [2.05, 4.69) is 4.72 Å². The molecule has 0 amide bonds. The fraction of sp³-hybridized carbons (Fsp3) is 0.462. The van der Waals surface area contributed by atoms with Crippen LogP contribution in [0, 0.1) is 11.2 Å². The maximum Gasteiger partial charge on any atom is 0.338 e. The Morgan fingerprint density at radius 2 is 1.90 bits per heavy atom. The molecule has 21 heavy (non-hydrogen) atoms. The van der Waals surface area contributed by atoms with Gasteiger partial charge in [-0.25, -0.2) is 22.3 Å². The van der Waals surface area contributed by atoms with Crippen LogP contribution in [0.3, 0.4) is 0 Å². The molecule has 0 spiro atoms. The lowest BCUT2D eigenvalue weighted by molar-refractivity contribution is 0.0691. The van der Waals surface area contributed by atoms with Crippen LogP contribution in [0.2, 0.25) is 5.02 Å². The van der Waals surface area contributed by atoms with Crippen molar-refractivity contribution in [3.05, 3.63) is 28.5 Å². The van der Waals surface area contributed by atoms with Crippen molar-refractivity contribution < 1.29 is 22.7 Å². The summed E-state index contributed by atoms with van der Waals surface area (Å²) in [5.41, 5.74) is -1.18. The fourth-order valence-corrected chi connectivity index (χ4v) is 3.25. The van der Waals surface area contributed by atoms with Crippen molar-refractivity contribution in [2.45, 2.75) is 38.6 Å². The van der Waals surface area contributed by atoms with Crippen LogP contribution in [0.5, 0.6) is 0 Å². The Labute approximate surface area is 128 Å². The largest absolute Gasteiger partial charge is 0.478 e. The second-order valence-corrected chi connectivity index (χ2v) is 7.90. The fourth-order valence-electron chi connectivity index (χ4n) is 1.39. The molecule has 0 aliphatic rings. The first-order valence-electron chi connectivity index (χ1n) is 6.11. The van der Waals surface area contributed by atoms with Gasteiger partial charge in [0.2, 0.25) is 10.0 Å². The van der Waals surface area contributed by atoms with E-state index >= 15 is 0 Å². The highest BCUT2D eigenvalue weighted by molar-refractivity contribution is 7.89. The topological polar surface area (TPSA) is 83.5 Å². The maximum absolute atomic E-state index is 14.1. The van der Waals surface area contributed by atoms with Crippen LogP contribution in [0.1, 0.15) is 38.1 Å². The number of nitrogens with one attached hydrogen (secondary N) is 1. The first kappa shape index (κ1) is 17.9. The van der Waals surface area contributed by atoms with Crippen molar-refractivity contribution in [3.63, 3.8) is 0 Å². The van der Waals surface area contributed by atoms with Gasteiger partial charge in [-0.05, 0) is 24.5 Å². The Kier molecular flexibility index (Phi) is 5.02. The van der Waals surface area contributed by atoms with E-state index in [0.29, 0.717) is 0 Å². The van der Waals surface area contributed by atoms with Crippen LogP contribution < -0.4 is 4.72 Å². The minimum absolute atomic E-state index is 0.169. The normalized spacial score (nSPS) is 14.0. The van der Waals surface area contributed by atoms with Gasteiger partial charge in [0.05, 0.1) is 5.56 Å². The van der Waals surface area contributed by atoms with Gasteiger partial charge in [0.25, 0.3) is 0 Å². The Hall–Kier alpha value is -1.18. The number of sulfonamides is 1. The Balaban J connectivity index is 3.36. The molecule has 0 radical (unpaired) electrons. The lowest BCUT2D eigenvalue weighted by atomic mass is 9.89. The van der Waals surface area contributed by atoms with E-state index in [1.54, 1.807) is 6.92 Å². The van der Waals surface area contributed by atoms with E-state index < -0.39 is 43.7 Å². The quantitative estimate of drug-likeness (QED) is 0.884. The summed E-state index contributed by atoms with van der Waals surface area (Å²) < 4.78 is 40.9. The average molecular weight is 338 g/mol. The molecule has 1 rings (SSSR count). The Morgan fingerprint density at radius 3 is 2.33 bits per heavy atom. The molecular weight excluding hydrogens is 321 g/mol. The van der Waals surface area contributed by atoms with E-state index in [4.69, 9.17) is 16.7 Å². The van der Waals surface area contributed by atoms with Gasteiger partial charge < -0.3 is 5.11 Å². The van der Waals surface area contributed by atoms with Crippen molar-refractivity contribution in [2.75, 3.05) is 0 Å². The smallest absolute Gasteiger partial charge is 0.338 e. The molecule has 1 atom stereocenters. The van der Waals surface area contributed by atoms with Crippen molar-refractivity contribution in [2.24, 2.45) is 5.41 Å². The highest BCUT2D eigenvalue weighted by atomic mass is 35.5. The number of benzene rings is 1. The van der Waals surface area contributed by atoms with Crippen molar-refractivity contribution in [1.82, 2.24) is 4.72 Å². The molecule has 0 heterocycles. The number of carboxylic acids is 1. The number of carboxylic acid groups (broad SMARTS) is 1. The number of hydrogen-bond donors (Lipinski definition) is 2. The van der Waals surface area contributed by atoms with Gasteiger partial charge in [-0.1, -0.05) is 32.4 Å². The number of hydrogen-bond acceptors (Lipinski definition) is 3. The molecule has 0 aliphatic heterocycles. The Morgan fingerprint density at radius 1 is 1.38 bits per heavy atom. The zero-order valence-corrected chi connectivity index (χ0v) is 13.6. The molecule has 1 aromatic rings. The molecule has 1 unspecified atom stereocenters. The van der Waals surface area contributed by atoms with E-state index in [-0.39, 0.29) is 5.02 Å². The molecule has 0 aliphatic carbocycles. The molecule has 0 bridgehead atoms. The molecule has 5 nitrogen and oxygen atoms in total. The molecule has 118 valence electrons. The highest BCUT2D eigenvalue weighted by Gasteiger charge is 2.30. The van der Waals surface area contributed by atoms with Gasteiger partial charge in [-0.15, -0.1) is 0 Å². The predicted octanol–water partition coefficient (Wildman–Crippen LogP) is 2.89. The van der Waals surface area contributed by atoms with Crippen LogP contribution in [0.15, 0.2) is 17.0 Å². The van der Waals surface area contributed by atoms with Crippen molar-refractivity contribution in [3.8, 4) is 0 Å². The molecule has 0 fully saturated rings. The SMILES string of the molecule is CC(NS(=O)(=O)c1cc(Cl)cc(C(=O)O)c1F)C(C)(C)C. The third-order valence-electron chi connectivity index (χ3n) is 3.15. The third kappa shape index (κ3) is 4.15. The van der Waals surface area contributed by atoms with Gasteiger partial charge in [-0.3, -0.25) is 0 Å². The van der Waals surface area contributed by atoms with Crippen LogP contribution in [0.25, 0.3) is 0 Å². The summed E-state index contributed by atoms with van der Waals surface area (Å²) in [4.78, 5) is 10.1. The predicted molar refractivity (Wildman–Crippen MR) is 77.6 cm³/mol. The Bertz CT molecular complexity index is 667. The summed E-state index contributed by atoms with van der Waals surface area (Å²) in [6.45, 7) is 7.09. The first-order valence-corrected chi connectivity index (χ1v) is 7.97. The van der Waals surface area contributed by atoms with Gasteiger partial charge >= 0.3 is 5.97 Å². The van der Waals surface area contributed by atoms with Crippen LogP contribution in [-0.4, -0.2) is 25.5 Å². The summed E-state index contributed by atoms with van der Waals surface area (Å²) in [6.07, 6.45) is 0. The monoisotopic (exact) mass is 337 g/mol. The number of carbonyl (C=O) groups is 1. The van der Waals surface area contributed by atoms with Crippen LogP contribution in [0.4, 0.5) is 4.39 Å². The van der Waals surface area contributed by atoms with E-state index in [0.717, 1.165) is 12.1 Å². The third-order valence-corrected chi connectivity index (χ3v) is 4.91. The lowest BCUT2D eigenvalue weighted by Gasteiger charge is -2.27. The zero-order chi connectivity index (χ0) is 16.6. The molecule has 2 N–H and O–H groups in total. The summed E-state index contributed by atoms with van der Waals surface area (Å²) in [5, 5.41) is 8.71. The molecule has 0 saturated carbocycles.